The molecule has 51 heavy (non-hydrogen) atoms. The molecule has 3 aromatic heterocycles. The van der Waals surface area contributed by atoms with Gasteiger partial charge < -0.3 is 0 Å². The van der Waals surface area contributed by atoms with Gasteiger partial charge in [-0.2, -0.15) is 0 Å². The van der Waals surface area contributed by atoms with Gasteiger partial charge in [0.05, 0.1) is 0 Å². The molecule has 11 rings (SSSR count). The zero-order chi connectivity index (χ0) is 33.5. The first kappa shape index (κ1) is 29.0. The molecule has 0 amide bonds. The summed E-state index contributed by atoms with van der Waals surface area (Å²) in [5.41, 5.74) is 5.77. The Morgan fingerprint density at radius 2 is 1.10 bits per heavy atom. The fourth-order valence-corrected chi connectivity index (χ4v) is 20.3. The third kappa shape index (κ3) is 4.00. The van der Waals surface area contributed by atoms with Crippen molar-refractivity contribution in [3.05, 3.63) is 176 Å². The second kappa shape index (κ2) is 11.1. The maximum atomic E-state index is 5.73. The Bertz CT molecular complexity index is 2930. The van der Waals surface area contributed by atoms with Crippen LogP contribution in [-0.4, -0.2) is 27.8 Å². The number of hydrogen-bond donors (Lipinski definition) is 0. The molecule has 0 radical (unpaired) electrons. The average Bonchev–Trinajstić information content (AvgIpc) is 3.85. The molecule has 0 spiro atoms. The van der Waals surface area contributed by atoms with E-state index < -0.39 is 13.3 Å². The number of benzene rings is 7. The molecule has 0 bridgehead atoms. The van der Waals surface area contributed by atoms with E-state index in [0.29, 0.717) is 0 Å². The summed E-state index contributed by atoms with van der Waals surface area (Å²) >= 11 is -1.82. The summed E-state index contributed by atoms with van der Waals surface area (Å²) in [4.78, 5) is 11.4. The Labute approximate surface area is 301 Å². The normalized spacial score (nSPS) is 13.3. The Morgan fingerprint density at radius 3 is 1.86 bits per heavy atom. The van der Waals surface area contributed by atoms with Crippen LogP contribution in [0, 0.1) is 0 Å². The number of nitrogens with zero attached hydrogens (tertiary/aromatic N) is 3. The van der Waals surface area contributed by atoms with Crippen molar-refractivity contribution < 1.29 is 0 Å². The summed E-state index contributed by atoms with van der Waals surface area (Å²) in [6.07, 6.45) is 0. The van der Waals surface area contributed by atoms with Crippen LogP contribution in [0.3, 0.4) is 0 Å². The van der Waals surface area contributed by atoms with Gasteiger partial charge in [0.15, 0.2) is 0 Å². The molecule has 7 aromatic carbocycles. The minimum atomic E-state index is -3.70. The molecule has 0 saturated heterocycles. The quantitative estimate of drug-likeness (QED) is 0.170. The van der Waals surface area contributed by atoms with Crippen LogP contribution in [0.2, 0.25) is 0 Å². The zero-order valence-electron chi connectivity index (χ0n) is 27.5. The fraction of sp³-hybridized carbons (Fsp3) is 0. The Balaban J connectivity index is 1.38. The van der Waals surface area contributed by atoms with Crippen molar-refractivity contribution in [1.29, 1.82) is 0 Å². The SMILES string of the molecule is c1ccc(-c2nc(-n3c4ccccc4c4ccc5c6ccccc6sc5c43)c3[c](n2)[Ge]([c]2ccccc2)([c]2ccccc2)[c]2ccccc2-3)cc1. The number of rotatable bonds is 4. The number of hydrogen-bond acceptors (Lipinski definition) is 3. The van der Waals surface area contributed by atoms with E-state index in [2.05, 4.69) is 180 Å². The van der Waals surface area contributed by atoms with Gasteiger partial charge >= 0.3 is 303 Å². The number of fused-ring (bicyclic) bond motifs is 10. The van der Waals surface area contributed by atoms with E-state index in [1.165, 1.54) is 59.7 Å². The van der Waals surface area contributed by atoms with Crippen LogP contribution >= 0.6 is 11.3 Å². The Kier molecular flexibility index (Phi) is 6.30. The van der Waals surface area contributed by atoms with Crippen molar-refractivity contribution in [2.24, 2.45) is 0 Å². The molecular formula is C46H29GeN3S. The fourth-order valence-electron chi connectivity index (χ4n) is 8.58. The van der Waals surface area contributed by atoms with Crippen molar-refractivity contribution in [3.8, 4) is 28.3 Å². The van der Waals surface area contributed by atoms with Crippen LogP contribution < -0.4 is 17.7 Å². The van der Waals surface area contributed by atoms with Gasteiger partial charge in [-0.1, -0.05) is 0 Å². The average molecular weight is 728 g/mol. The summed E-state index contributed by atoms with van der Waals surface area (Å²) in [5.74, 6) is 1.70. The van der Waals surface area contributed by atoms with Crippen LogP contribution in [0.1, 0.15) is 0 Å². The van der Waals surface area contributed by atoms with Gasteiger partial charge in [0.1, 0.15) is 0 Å². The first-order valence-electron chi connectivity index (χ1n) is 17.3. The number of aromatic nitrogens is 3. The molecular weight excluding hydrogens is 699 g/mol. The first-order chi connectivity index (χ1) is 25.3. The topological polar surface area (TPSA) is 30.7 Å². The molecule has 0 atom stereocenters. The second-order valence-electron chi connectivity index (χ2n) is 13.3. The standard InChI is InChI=1S/C46H29GeN3S/c1-4-16-30(17-5-1)45-48-44-41(37-24-10-13-25-38(37)47(44,31-18-6-2-7-19-31)32-20-8-3-9-21-32)46(49-45)50-39-26-14-11-22-33(39)35-28-29-36-34-23-12-15-27-40(34)51-43(36)42(35)50/h1-29H. The minimum absolute atomic E-state index is 0.758. The Hall–Kier alpha value is -5.82. The predicted octanol–water partition coefficient (Wildman–Crippen LogP) is 8.97. The van der Waals surface area contributed by atoms with E-state index in [1.807, 2.05) is 11.3 Å². The zero-order valence-corrected chi connectivity index (χ0v) is 30.4. The van der Waals surface area contributed by atoms with Crippen LogP contribution in [0.15, 0.2) is 176 Å². The third-order valence-electron chi connectivity index (χ3n) is 10.7. The summed E-state index contributed by atoms with van der Waals surface area (Å²) in [5, 5.41) is 5.04. The van der Waals surface area contributed by atoms with Crippen molar-refractivity contribution in [2.75, 3.05) is 0 Å². The molecule has 0 unspecified atom stereocenters. The van der Waals surface area contributed by atoms with Crippen LogP contribution in [0.5, 0.6) is 0 Å². The van der Waals surface area contributed by atoms with Crippen LogP contribution in [-0.2, 0) is 0 Å². The van der Waals surface area contributed by atoms with Gasteiger partial charge in [0.2, 0.25) is 0 Å². The number of thiophene rings is 1. The monoisotopic (exact) mass is 729 g/mol. The van der Waals surface area contributed by atoms with E-state index in [-0.39, 0.29) is 0 Å². The summed E-state index contributed by atoms with van der Waals surface area (Å²) < 4.78 is 10.4. The molecule has 3 nitrogen and oxygen atoms in total. The first-order valence-corrected chi connectivity index (χ1v) is 22.4. The molecule has 0 saturated carbocycles. The molecule has 4 heterocycles. The van der Waals surface area contributed by atoms with E-state index in [1.54, 1.807) is 0 Å². The van der Waals surface area contributed by atoms with Gasteiger partial charge in [-0.05, 0) is 0 Å². The van der Waals surface area contributed by atoms with Gasteiger partial charge in [0, 0.05) is 0 Å². The predicted molar refractivity (Wildman–Crippen MR) is 217 cm³/mol. The van der Waals surface area contributed by atoms with Crippen LogP contribution in [0.4, 0.5) is 0 Å². The molecule has 1 aliphatic rings. The molecule has 0 N–H and O–H groups in total. The molecule has 0 aliphatic carbocycles. The van der Waals surface area contributed by atoms with Crippen molar-refractivity contribution >= 4 is 84.3 Å². The van der Waals surface area contributed by atoms with Gasteiger partial charge in [0.25, 0.3) is 0 Å². The molecule has 238 valence electrons. The van der Waals surface area contributed by atoms with Crippen molar-refractivity contribution in [3.63, 3.8) is 0 Å². The van der Waals surface area contributed by atoms with Gasteiger partial charge in [-0.15, -0.1) is 0 Å². The second-order valence-corrected chi connectivity index (χ2v) is 22.0. The van der Waals surface area contributed by atoms with Crippen molar-refractivity contribution in [1.82, 2.24) is 14.5 Å². The molecule has 5 heteroatoms. The van der Waals surface area contributed by atoms with Crippen molar-refractivity contribution in [2.45, 2.75) is 0 Å². The van der Waals surface area contributed by atoms with Crippen LogP contribution in [0.25, 0.3) is 70.3 Å². The molecule has 0 fully saturated rings. The maximum absolute atomic E-state index is 5.73. The van der Waals surface area contributed by atoms with Gasteiger partial charge in [-0.3, -0.25) is 0 Å². The summed E-state index contributed by atoms with van der Waals surface area (Å²) in [6, 6.07) is 64.2. The van der Waals surface area contributed by atoms with E-state index in [4.69, 9.17) is 9.97 Å². The molecule has 1 aliphatic heterocycles. The van der Waals surface area contributed by atoms with Gasteiger partial charge in [-0.25, -0.2) is 0 Å². The summed E-state index contributed by atoms with van der Waals surface area (Å²) in [7, 11) is 0. The van der Waals surface area contributed by atoms with E-state index >= 15 is 0 Å². The van der Waals surface area contributed by atoms with E-state index in [0.717, 1.165) is 28.3 Å². The molecule has 10 aromatic rings. The number of para-hydroxylation sites is 1. The third-order valence-corrected chi connectivity index (χ3v) is 21.8. The van der Waals surface area contributed by atoms with E-state index in [9.17, 15) is 0 Å². The summed E-state index contributed by atoms with van der Waals surface area (Å²) in [6.45, 7) is 0. The Morgan fingerprint density at radius 1 is 0.490 bits per heavy atom.